The van der Waals surface area contributed by atoms with Gasteiger partial charge >= 0.3 is 0 Å². The van der Waals surface area contributed by atoms with E-state index in [-0.39, 0.29) is 18.8 Å². The van der Waals surface area contributed by atoms with Gasteiger partial charge in [0.05, 0.1) is 25.9 Å². The monoisotopic (exact) mass is 258 g/mol. The number of halogens is 1. The zero-order valence-corrected chi connectivity index (χ0v) is 7.78. The van der Waals surface area contributed by atoms with Crippen LogP contribution >= 0.6 is 22.6 Å². The predicted molar refractivity (Wildman–Crippen MR) is 45.5 cm³/mol. The second-order valence-electron chi connectivity index (χ2n) is 2.25. The van der Waals surface area contributed by atoms with Crippen molar-refractivity contribution in [2.75, 3.05) is 24.2 Å². The molecule has 0 aromatic rings. The van der Waals surface area contributed by atoms with Gasteiger partial charge in [0.1, 0.15) is 6.10 Å². The highest BCUT2D eigenvalue weighted by Gasteiger charge is 2.20. The third-order valence-corrected chi connectivity index (χ3v) is 2.35. The second kappa shape index (κ2) is 4.48. The van der Waals surface area contributed by atoms with Crippen molar-refractivity contribution in [2.45, 2.75) is 12.2 Å². The fourth-order valence-corrected chi connectivity index (χ4v) is 1.32. The van der Waals surface area contributed by atoms with E-state index >= 15 is 0 Å². The van der Waals surface area contributed by atoms with Crippen molar-refractivity contribution in [2.24, 2.45) is 0 Å². The number of ether oxygens (including phenoxy) is 2. The number of aliphatic hydroxyl groups is 1. The second-order valence-corrected chi connectivity index (χ2v) is 3.14. The standard InChI is InChI=1S/C6H11IO3/c7-1-5-3-9-4-6(2-8)10-5/h5-6,8H,1-4H2/t5-,6-/m0/s1. The molecule has 0 saturated carbocycles. The first-order valence-corrected chi connectivity index (χ1v) is 4.79. The van der Waals surface area contributed by atoms with E-state index in [2.05, 4.69) is 22.6 Å². The fourth-order valence-electron chi connectivity index (χ4n) is 0.858. The highest BCUT2D eigenvalue weighted by Crippen LogP contribution is 2.09. The van der Waals surface area contributed by atoms with Crippen molar-refractivity contribution in [3.05, 3.63) is 0 Å². The Hall–Kier alpha value is 0.610. The summed E-state index contributed by atoms with van der Waals surface area (Å²) >= 11 is 2.25. The lowest BCUT2D eigenvalue weighted by atomic mass is 10.3. The third-order valence-electron chi connectivity index (χ3n) is 1.37. The first-order valence-electron chi connectivity index (χ1n) is 3.27. The van der Waals surface area contributed by atoms with Crippen LogP contribution in [-0.2, 0) is 9.47 Å². The average Bonchev–Trinajstić information content (AvgIpc) is 2.05. The maximum Gasteiger partial charge on any atom is 0.104 e. The van der Waals surface area contributed by atoms with E-state index in [0.29, 0.717) is 13.2 Å². The van der Waals surface area contributed by atoms with Gasteiger partial charge in [0, 0.05) is 4.43 Å². The summed E-state index contributed by atoms with van der Waals surface area (Å²) in [6.45, 7) is 1.26. The predicted octanol–water partition coefficient (Wildman–Crippen LogP) is 0.198. The lowest BCUT2D eigenvalue weighted by Gasteiger charge is -2.27. The van der Waals surface area contributed by atoms with Crippen LogP contribution in [0.15, 0.2) is 0 Å². The average molecular weight is 258 g/mol. The van der Waals surface area contributed by atoms with Crippen molar-refractivity contribution in [3.63, 3.8) is 0 Å². The zero-order valence-electron chi connectivity index (χ0n) is 5.62. The summed E-state index contributed by atoms with van der Waals surface area (Å²) in [5.41, 5.74) is 0. The van der Waals surface area contributed by atoms with Crippen molar-refractivity contribution in [1.82, 2.24) is 0 Å². The van der Waals surface area contributed by atoms with Gasteiger partial charge < -0.3 is 14.6 Å². The van der Waals surface area contributed by atoms with Crippen molar-refractivity contribution in [1.29, 1.82) is 0 Å². The smallest absolute Gasteiger partial charge is 0.104 e. The van der Waals surface area contributed by atoms with Crippen molar-refractivity contribution >= 4 is 22.6 Å². The number of alkyl halides is 1. The fraction of sp³-hybridized carbons (Fsp3) is 1.00. The lowest BCUT2D eigenvalue weighted by Crippen LogP contribution is -2.38. The molecule has 3 nitrogen and oxygen atoms in total. The maximum absolute atomic E-state index is 8.70. The van der Waals surface area contributed by atoms with E-state index in [0.717, 1.165) is 4.43 Å². The Balaban J connectivity index is 2.25. The number of rotatable bonds is 2. The minimum absolute atomic E-state index is 0.0626. The molecule has 1 aliphatic rings. The van der Waals surface area contributed by atoms with Crippen molar-refractivity contribution in [3.8, 4) is 0 Å². The van der Waals surface area contributed by atoms with E-state index in [1.807, 2.05) is 0 Å². The molecule has 10 heavy (non-hydrogen) atoms. The van der Waals surface area contributed by atoms with Crippen LogP contribution in [0.1, 0.15) is 0 Å². The van der Waals surface area contributed by atoms with Gasteiger partial charge in [-0.25, -0.2) is 0 Å². The van der Waals surface area contributed by atoms with Crippen LogP contribution in [0.25, 0.3) is 0 Å². The number of hydrogen-bond acceptors (Lipinski definition) is 3. The summed E-state index contributed by atoms with van der Waals surface area (Å²) in [5.74, 6) is 0. The molecule has 1 rings (SSSR count). The van der Waals surface area contributed by atoms with Gasteiger partial charge in [-0.3, -0.25) is 0 Å². The number of hydrogen-bond donors (Lipinski definition) is 1. The summed E-state index contributed by atoms with van der Waals surface area (Å²) in [5, 5.41) is 8.70. The molecule has 0 spiro atoms. The van der Waals surface area contributed by atoms with Gasteiger partial charge in [0.2, 0.25) is 0 Å². The molecular formula is C6H11IO3. The molecule has 60 valence electrons. The van der Waals surface area contributed by atoms with Gasteiger partial charge in [-0.2, -0.15) is 0 Å². The van der Waals surface area contributed by atoms with Gasteiger partial charge in [-0.05, 0) is 0 Å². The van der Waals surface area contributed by atoms with E-state index in [1.165, 1.54) is 0 Å². The normalized spacial score (nSPS) is 34.2. The van der Waals surface area contributed by atoms with E-state index < -0.39 is 0 Å². The molecule has 1 fully saturated rings. The van der Waals surface area contributed by atoms with E-state index in [4.69, 9.17) is 14.6 Å². The molecule has 1 aliphatic heterocycles. The Morgan fingerprint density at radius 2 is 2.10 bits per heavy atom. The van der Waals surface area contributed by atoms with Crippen LogP contribution in [0.5, 0.6) is 0 Å². The summed E-state index contributed by atoms with van der Waals surface area (Å²) in [6, 6.07) is 0. The molecule has 1 saturated heterocycles. The van der Waals surface area contributed by atoms with Gasteiger partial charge in [-0.15, -0.1) is 0 Å². The molecule has 1 N–H and O–H groups in total. The third kappa shape index (κ3) is 2.34. The Morgan fingerprint density at radius 1 is 1.40 bits per heavy atom. The van der Waals surface area contributed by atoms with Crippen LogP contribution in [0.2, 0.25) is 0 Å². The highest BCUT2D eigenvalue weighted by atomic mass is 127. The van der Waals surface area contributed by atoms with Crippen molar-refractivity contribution < 1.29 is 14.6 Å². The largest absolute Gasteiger partial charge is 0.394 e. The van der Waals surface area contributed by atoms with Crippen LogP contribution in [0.3, 0.4) is 0 Å². The Bertz CT molecular complexity index is 89.0. The summed E-state index contributed by atoms with van der Waals surface area (Å²) in [4.78, 5) is 0. The first kappa shape index (κ1) is 8.70. The number of aliphatic hydroxyl groups excluding tert-OH is 1. The molecule has 1 heterocycles. The minimum atomic E-state index is -0.103. The van der Waals surface area contributed by atoms with Crippen LogP contribution < -0.4 is 0 Å². The van der Waals surface area contributed by atoms with Crippen LogP contribution in [0.4, 0.5) is 0 Å². The first-order chi connectivity index (χ1) is 4.86. The SMILES string of the molecule is OC[C@H]1COC[C@H](CI)O1. The Kier molecular flexibility index (Phi) is 3.90. The zero-order chi connectivity index (χ0) is 7.40. The minimum Gasteiger partial charge on any atom is -0.394 e. The maximum atomic E-state index is 8.70. The summed E-state index contributed by atoms with van der Waals surface area (Å²) < 4.78 is 11.5. The highest BCUT2D eigenvalue weighted by molar-refractivity contribution is 14.1. The molecule has 0 amide bonds. The molecular weight excluding hydrogens is 247 g/mol. The molecule has 0 aliphatic carbocycles. The molecule has 0 bridgehead atoms. The van der Waals surface area contributed by atoms with Gasteiger partial charge in [0.15, 0.2) is 0 Å². The summed E-state index contributed by atoms with van der Waals surface area (Å²) in [7, 11) is 0. The molecule has 0 radical (unpaired) electrons. The summed E-state index contributed by atoms with van der Waals surface area (Å²) in [6.07, 6.45) is 0.0695. The quantitative estimate of drug-likeness (QED) is 0.568. The van der Waals surface area contributed by atoms with Crippen LogP contribution in [-0.4, -0.2) is 41.6 Å². The van der Waals surface area contributed by atoms with Gasteiger partial charge in [0.25, 0.3) is 0 Å². The Morgan fingerprint density at radius 3 is 2.70 bits per heavy atom. The van der Waals surface area contributed by atoms with Crippen LogP contribution in [0, 0.1) is 0 Å². The molecule has 0 aromatic carbocycles. The molecule has 4 heteroatoms. The van der Waals surface area contributed by atoms with E-state index in [1.54, 1.807) is 0 Å². The van der Waals surface area contributed by atoms with E-state index in [9.17, 15) is 0 Å². The lowest BCUT2D eigenvalue weighted by molar-refractivity contribution is -0.140. The molecule has 0 aromatic heterocycles. The Labute approximate surface area is 73.8 Å². The van der Waals surface area contributed by atoms with Gasteiger partial charge in [-0.1, -0.05) is 22.6 Å². The molecule has 2 atom stereocenters. The molecule has 0 unspecified atom stereocenters. The topological polar surface area (TPSA) is 38.7 Å².